The molecule has 0 aromatic heterocycles. The molecule has 0 atom stereocenters. The van der Waals surface area contributed by atoms with Gasteiger partial charge < -0.3 is 0 Å². The van der Waals surface area contributed by atoms with Gasteiger partial charge in [0.1, 0.15) is 6.54 Å². The first-order valence-corrected chi connectivity index (χ1v) is 12.2. The third-order valence-electron chi connectivity index (χ3n) is 4.54. The van der Waals surface area contributed by atoms with Gasteiger partial charge >= 0.3 is 6.18 Å². The first kappa shape index (κ1) is 26.8. The Morgan fingerprint density at radius 1 is 0.943 bits per heavy atom. The molecule has 0 spiro atoms. The second kappa shape index (κ2) is 10.9. The Balaban J connectivity index is 1.97. The van der Waals surface area contributed by atoms with Gasteiger partial charge in [-0.3, -0.25) is 9.10 Å². The van der Waals surface area contributed by atoms with Crippen molar-refractivity contribution >= 4 is 62.6 Å². The maximum Gasteiger partial charge on any atom is 0.416 e. The molecule has 0 radical (unpaired) electrons. The largest absolute Gasteiger partial charge is 0.416 e. The summed E-state index contributed by atoms with van der Waals surface area (Å²) >= 11 is 18.1. The summed E-state index contributed by atoms with van der Waals surface area (Å²) < 4.78 is 67.0. The number of amides is 1. The van der Waals surface area contributed by atoms with Crippen LogP contribution in [-0.2, 0) is 21.0 Å². The predicted molar refractivity (Wildman–Crippen MR) is 130 cm³/mol. The van der Waals surface area contributed by atoms with Crippen molar-refractivity contribution in [3.05, 3.63) is 92.9 Å². The van der Waals surface area contributed by atoms with E-state index in [1.54, 1.807) is 24.3 Å². The number of hydrazone groups is 1. The van der Waals surface area contributed by atoms with Gasteiger partial charge in [-0.1, -0.05) is 59.1 Å². The van der Waals surface area contributed by atoms with Gasteiger partial charge in [-0.15, -0.1) is 0 Å². The number of sulfonamides is 1. The van der Waals surface area contributed by atoms with Crippen LogP contribution in [0.25, 0.3) is 0 Å². The summed E-state index contributed by atoms with van der Waals surface area (Å²) in [6.45, 7) is -0.925. The Kier molecular flexibility index (Phi) is 8.32. The quantitative estimate of drug-likeness (QED) is 0.282. The number of halogens is 6. The highest BCUT2D eigenvalue weighted by atomic mass is 35.5. The molecule has 13 heteroatoms. The van der Waals surface area contributed by atoms with Gasteiger partial charge in [-0.2, -0.15) is 18.3 Å². The van der Waals surface area contributed by atoms with Gasteiger partial charge in [0.2, 0.25) is 0 Å². The first-order valence-electron chi connectivity index (χ1n) is 9.61. The van der Waals surface area contributed by atoms with Crippen LogP contribution in [0.2, 0.25) is 15.1 Å². The van der Waals surface area contributed by atoms with Gasteiger partial charge in [0.25, 0.3) is 15.9 Å². The molecule has 0 saturated carbocycles. The molecule has 184 valence electrons. The van der Waals surface area contributed by atoms with E-state index in [4.69, 9.17) is 34.8 Å². The highest BCUT2D eigenvalue weighted by Gasteiger charge is 2.34. The highest BCUT2D eigenvalue weighted by Crippen LogP contribution is 2.37. The number of carbonyl (C=O) groups is 1. The normalized spacial score (nSPS) is 12.1. The zero-order chi connectivity index (χ0) is 25.8. The minimum atomic E-state index is -4.78. The Bertz CT molecular complexity index is 1350. The van der Waals surface area contributed by atoms with E-state index in [0.717, 1.165) is 12.3 Å². The van der Waals surface area contributed by atoms with Crippen molar-refractivity contribution < 1.29 is 26.4 Å². The molecular formula is C22H15Cl3F3N3O3S. The smallest absolute Gasteiger partial charge is 0.271 e. The van der Waals surface area contributed by atoms with Gasteiger partial charge in [0, 0.05) is 5.56 Å². The predicted octanol–water partition coefficient (Wildman–Crippen LogP) is 6.01. The Labute approximate surface area is 214 Å². The van der Waals surface area contributed by atoms with Crippen LogP contribution >= 0.6 is 34.8 Å². The van der Waals surface area contributed by atoms with E-state index >= 15 is 0 Å². The summed E-state index contributed by atoms with van der Waals surface area (Å²) in [5, 5.41) is 3.91. The average molecular weight is 565 g/mol. The van der Waals surface area contributed by atoms with Crippen LogP contribution < -0.4 is 9.73 Å². The van der Waals surface area contributed by atoms with Crippen LogP contribution in [0.4, 0.5) is 18.9 Å². The molecule has 0 aliphatic heterocycles. The van der Waals surface area contributed by atoms with Gasteiger partial charge in [0.05, 0.1) is 37.4 Å². The maximum absolute atomic E-state index is 13.3. The van der Waals surface area contributed by atoms with E-state index in [0.29, 0.717) is 22.0 Å². The zero-order valence-electron chi connectivity index (χ0n) is 17.4. The number of carbonyl (C=O) groups excluding carboxylic acids is 1. The third-order valence-corrected chi connectivity index (χ3v) is 7.30. The second-order valence-electron chi connectivity index (χ2n) is 6.92. The van der Waals surface area contributed by atoms with Crippen LogP contribution in [-0.4, -0.2) is 27.1 Å². The van der Waals surface area contributed by atoms with Crippen molar-refractivity contribution in [3.63, 3.8) is 0 Å². The third kappa shape index (κ3) is 6.46. The van der Waals surface area contributed by atoms with Gasteiger partial charge in [-0.05, 0) is 42.5 Å². The molecule has 0 saturated heterocycles. The summed E-state index contributed by atoms with van der Waals surface area (Å²) in [5.41, 5.74) is 0.742. The molecule has 0 heterocycles. The summed E-state index contributed by atoms with van der Waals surface area (Å²) in [6, 6.07) is 13.7. The Morgan fingerprint density at radius 3 is 2.17 bits per heavy atom. The monoisotopic (exact) mass is 563 g/mol. The molecule has 0 fully saturated rings. The van der Waals surface area contributed by atoms with Crippen molar-refractivity contribution in [1.29, 1.82) is 0 Å². The second-order valence-corrected chi connectivity index (χ2v) is 10.0. The lowest BCUT2D eigenvalue weighted by Gasteiger charge is -2.25. The van der Waals surface area contributed by atoms with E-state index in [-0.39, 0.29) is 20.0 Å². The average Bonchev–Trinajstić information content (AvgIpc) is 2.79. The molecular weight excluding hydrogens is 550 g/mol. The summed E-state index contributed by atoms with van der Waals surface area (Å²) in [4.78, 5) is 12.3. The van der Waals surface area contributed by atoms with E-state index in [1.165, 1.54) is 24.3 Å². The summed E-state index contributed by atoms with van der Waals surface area (Å²) in [7, 11) is -4.50. The van der Waals surface area contributed by atoms with E-state index < -0.39 is 39.9 Å². The van der Waals surface area contributed by atoms with Crippen LogP contribution in [0.5, 0.6) is 0 Å². The van der Waals surface area contributed by atoms with Crippen LogP contribution in [0, 0.1) is 0 Å². The lowest BCUT2D eigenvalue weighted by atomic mass is 10.2. The number of benzene rings is 3. The standard InChI is InChI=1S/C22H15Cl3F3N3O3S/c23-17-7-4-8-18(24)16(17)12-29-30-21(32)13-31(35(33,34)15-5-2-1-3-6-15)20-11-14(22(26,27)28)9-10-19(20)25/h1-12H,13H2,(H,30,32)/b29-12-. The molecule has 0 aliphatic carbocycles. The number of anilines is 1. The van der Waals surface area contributed by atoms with Crippen LogP contribution in [0.1, 0.15) is 11.1 Å². The van der Waals surface area contributed by atoms with E-state index in [9.17, 15) is 26.4 Å². The van der Waals surface area contributed by atoms with Gasteiger partial charge in [0.15, 0.2) is 0 Å². The van der Waals surface area contributed by atoms with E-state index in [2.05, 4.69) is 10.5 Å². The fourth-order valence-electron chi connectivity index (χ4n) is 2.87. The zero-order valence-corrected chi connectivity index (χ0v) is 20.5. The molecule has 3 aromatic carbocycles. The van der Waals surface area contributed by atoms with Crippen molar-refractivity contribution in [2.45, 2.75) is 11.1 Å². The topological polar surface area (TPSA) is 78.8 Å². The molecule has 1 amide bonds. The van der Waals surface area contributed by atoms with Crippen molar-refractivity contribution in [1.82, 2.24) is 5.43 Å². The van der Waals surface area contributed by atoms with E-state index in [1.807, 2.05) is 0 Å². The first-order chi connectivity index (χ1) is 16.4. The lowest BCUT2D eigenvalue weighted by Crippen LogP contribution is -2.40. The molecule has 0 aliphatic rings. The molecule has 0 unspecified atom stereocenters. The van der Waals surface area contributed by atoms with Crippen molar-refractivity contribution in [2.24, 2.45) is 5.10 Å². The Morgan fingerprint density at radius 2 is 1.57 bits per heavy atom. The number of hydrogen-bond donors (Lipinski definition) is 1. The van der Waals surface area contributed by atoms with Gasteiger partial charge in [-0.25, -0.2) is 13.8 Å². The van der Waals surface area contributed by atoms with Crippen LogP contribution in [0.15, 0.2) is 76.7 Å². The Hall–Kier alpha value is -2.79. The molecule has 0 bridgehead atoms. The van der Waals surface area contributed by atoms with Crippen molar-refractivity contribution in [3.8, 4) is 0 Å². The number of hydrogen-bond acceptors (Lipinski definition) is 4. The number of nitrogens with zero attached hydrogens (tertiary/aromatic N) is 2. The molecule has 3 aromatic rings. The highest BCUT2D eigenvalue weighted by molar-refractivity contribution is 7.92. The summed E-state index contributed by atoms with van der Waals surface area (Å²) in [5.74, 6) is -0.961. The lowest BCUT2D eigenvalue weighted by molar-refractivity contribution is -0.137. The minimum absolute atomic E-state index is 0.250. The van der Waals surface area contributed by atoms with Crippen LogP contribution in [0.3, 0.4) is 0 Å². The SMILES string of the molecule is O=C(CN(c1cc(C(F)(F)F)ccc1Cl)S(=O)(=O)c1ccccc1)N/N=C\c1c(Cl)cccc1Cl. The fraction of sp³-hybridized carbons (Fsp3) is 0.0909. The number of nitrogens with one attached hydrogen (secondary N) is 1. The molecule has 1 N–H and O–H groups in total. The fourth-order valence-corrected chi connectivity index (χ4v) is 5.09. The minimum Gasteiger partial charge on any atom is -0.271 e. The number of alkyl halides is 3. The number of rotatable bonds is 7. The maximum atomic E-state index is 13.3. The van der Waals surface area contributed by atoms with Crippen molar-refractivity contribution in [2.75, 3.05) is 10.8 Å². The summed E-state index contributed by atoms with van der Waals surface area (Å²) in [6.07, 6.45) is -3.63. The molecule has 6 nitrogen and oxygen atoms in total. The molecule has 35 heavy (non-hydrogen) atoms. The molecule has 3 rings (SSSR count).